The van der Waals surface area contributed by atoms with Crippen LogP contribution in [0.3, 0.4) is 0 Å². The van der Waals surface area contributed by atoms with E-state index in [2.05, 4.69) is 5.32 Å². The molecule has 1 atom stereocenters. The number of rotatable bonds is 5. The highest BCUT2D eigenvalue weighted by atomic mass is 19.1. The fourth-order valence-electron chi connectivity index (χ4n) is 1.45. The van der Waals surface area contributed by atoms with Crippen molar-refractivity contribution in [2.75, 3.05) is 0 Å². The highest BCUT2D eigenvalue weighted by Crippen LogP contribution is 2.10. The Morgan fingerprint density at radius 1 is 1.53 bits per heavy atom. The summed E-state index contributed by atoms with van der Waals surface area (Å²) < 4.78 is 13.5. The monoisotopic (exact) mass is 264 g/mol. The fraction of sp³-hybridized carbons (Fsp3) is 0.429. The van der Waals surface area contributed by atoms with Crippen LogP contribution in [-0.4, -0.2) is 17.1 Å². The van der Waals surface area contributed by atoms with Crippen molar-refractivity contribution in [1.82, 2.24) is 5.32 Å². The SMILES string of the molecule is CC(C)C(O)CC(=O)NCc1ccc(C#N)cc1F. The van der Waals surface area contributed by atoms with Gasteiger partial charge in [0, 0.05) is 12.1 Å². The number of halogens is 1. The van der Waals surface area contributed by atoms with Crippen LogP contribution in [-0.2, 0) is 11.3 Å². The molecule has 0 aromatic heterocycles. The summed E-state index contributed by atoms with van der Waals surface area (Å²) in [5.74, 6) is -0.855. The van der Waals surface area contributed by atoms with Crippen molar-refractivity contribution in [3.8, 4) is 6.07 Å². The van der Waals surface area contributed by atoms with Gasteiger partial charge in [0.15, 0.2) is 0 Å². The van der Waals surface area contributed by atoms with E-state index in [0.717, 1.165) is 6.07 Å². The van der Waals surface area contributed by atoms with Crippen LogP contribution >= 0.6 is 0 Å². The predicted octanol–water partition coefficient (Wildman–Crippen LogP) is 1.72. The van der Waals surface area contributed by atoms with Crippen molar-refractivity contribution in [3.63, 3.8) is 0 Å². The number of amides is 1. The average molecular weight is 264 g/mol. The number of carbonyl (C=O) groups is 1. The van der Waals surface area contributed by atoms with E-state index >= 15 is 0 Å². The number of nitrogens with one attached hydrogen (secondary N) is 1. The third-order valence-corrected chi connectivity index (χ3v) is 2.82. The van der Waals surface area contributed by atoms with E-state index in [-0.39, 0.29) is 30.4 Å². The summed E-state index contributed by atoms with van der Waals surface area (Å²) in [4.78, 5) is 11.5. The Bertz CT molecular complexity index is 495. The first-order valence-electron chi connectivity index (χ1n) is 6.07. The van der Waals surface area contributed by atoms with Gasteiger partial charge >= 0.3 is 0 Å². The van der Waals surface area contributed by atoms with Gasteiger partial charge < -0.3 is 10.4 Å². The zero-order valence-electron chi connectivity index (χ0n) is 11.0. The molecular formula is C14H17FN2O2. The zero-order valence-corrected chi connectivity index (χ0v) is 11.0. The number of aliphatic hydroxyl groups excluding tert-OH is 1. The molecule has 0 aliphatic heterocycles. The minimum Gasteiger partial charge on any atom is -0.392 e. The second-order valence-corrected chi connectivity index (χ2v) is 4.71. The van der Waals surface area contributed by atoms with Gasteiger partial charge in [0.1, 0.15) is 5.82 Å². The first kappa shape index (κ1) is 15.1. The van der Waals surface area contributed by atoms with Gasteiger partial charge in [0.2, 0.25) is 5.91 Å². The van der Waals surface area contributed by atoms with Crippen LogP contribution in [0, 0.1) is 23.1 Å². The molecule has 0 heterocycles. The van der Waals surface area contributed by atoms with Gasteiger partial charge in [-0.2, -0.15) is 5.26 Å². The molecule has 5 heteroatoms. The molecule has 19 heavy (non-hydrogen) atoms. The standard InChI is InChI=1S/C14H17FN2O2/c1-9(2)13(18)6-14(19)17-8-11-4-3-10(7-16)5-12(11)15/h3-5,9,13,18H,6,8H2,1-2H3,(H,17,19). The van der Waals surface area contributed by atoms with Crippen molar-refractivity contribution in [2.24, 2.45) is 5.92 Å². The van der Waals surface area contributed by atoms with Gasteiger partial charge in [0.25, 0.3) is 0 Å². The molecule has 2 N–H and O–H groups in total. The summed E-state index contributed by atoms with van der Waals surface area (Å²) in [5.41, 5.74) is 0.550. The summed E-state index contributed by atoms with van der Waals surface area (Å²) in [7, 11) is 0. The lowest BCUT2D eigenvalue weighted by Gasteiger charge is -2.14. The Kier molecular flexibility index (Phi) is 5.46. The summed E-state index contributed by atoms with van der Waals surface area (Å²) in [5, 5.41) is 20.7. The molecule has 1 amide bonds. The summed E-state index contributed by atoms with van der Waals surface area (Å²) in [6, 6.07) is 5.93. The van der Waals surface area contributed by atoms with Gasteiger partial charge in [-0.1, -0.05) is 19.9 Å². The van der Waals surface area contributed by atoms with E-state index in [1.54, 1.807) is 0 Å². The maximum atomic E-state index is 13.5. The van der Waals surface area contributed by atoms with Crippen molar-refractivity contribution in [2.45, 2.75) is 32.9 Å². The minimum absolute atomic E-state index is 0.00241. The molecule has 1 aromatic rings. The molecule has 0 aliphatic rings. The molecule has 0 bridgehead atoms. The predicted molar refractivity (Wildman–Crippen MR) is 68.4 cm³/mol. The zero-order chi connectivity index (χ0) is 14.4. The lowest BCUT2D eigenvalue weighted by molar-refractivity contribution is -0.123. The van der Waals surface area contributed by atoms with Crippen LogP contribution in [0.5, 0.6) is 0 Å². The third-order valence-electron chi connectivity index (χ3n) is 2.82. The van der Waals surface area contributed by atoms with Gasteiger partial charge in [-0.3, -0.25) is 4.79 Å². The van der Waals surface area contributed by atoms with E-state index in [4.69, 9.17) is 5.26 Å². The number of nitriles is 1. The third kappa shape index (κ3) is 4.68. The Labute approximate surface area is 111 Å². The number of benzene rings is 1. The average Bonchev–Trinajstić information content (AvgIpc) is 2.36. The van der Waals surface area contributed by atoms with Crippen LogP contribution in [0.4, 0.5) is 4.39 Å². The first-order valence-corrected chi connectivity index (χ1v) is 6.07. The lowest BCUT2D eigenvalue weighted by atomic mass is 10.0. The Morgan fingerprint density at radius 2 is 2.21 bits per heavy atom. The summed E-state index contributed by atoms with van der Waals surface area (Å²) >= 11 is 0. The number of hydrogen-bond acceptors (Lipinski definition) is 3. The van der Waals surface area contributed by atoms with E-state index in [9.17, 15) is 14.3 Å². The summed E-state index contributed by atoms with van der Waals surface area (Å²) in [6.45, 7) is 3.68. The second-order valence-electron chi connectivity index (χ2n) is 4.71. The molecule has 0 saturated heterocycles. The maximum absolute atomic E-state index is 13.5. The number of nitrogens with zero attached hydrogens (tertiary/aromatic N) is 1. The van der Waals surface area contributed by atoms with Crippen molar-refractivity contribution < 1.29 is 14.3 Å². The van der Waals surface area contributed by atoms with Gasteiger partial charge in [0.05, 0.1) is 24.2 Å². The molecule has 4 nitrogen and oxygen atoms in total. The van der Waals surface area contributed by atoms with E-state index in [0.29, 0.717) is 5.56 Å². The van der Waals surface area contributed by atoms with Crippen LogP contribution in [0.1, 0.15) is 31.4 Å². The van der Waals surface area contributed by atoms with Crippen LogP contribution in [0.2, 0.25) is 0 Å². The Balaban J connectivity index is 2.53. The molecule has 1 aromatic carbocycles. The van der Waals surface area contributed by atoms with Crippen molar-refractivity contribution >= 4 is 5.91 Å². The van der Waals surface area contributed by atoms with Gasteiger partial charge in [-0.25, -0.2) is 4.39 Å². The molecular weight excluding hydrogens is 247 g/mol. The largest absolute Gasteiger partial charge is 0.392 e. The molecule has 1 rings (SSSR count). The van der Waals surface area contributed by atoms with Crippen LogP contribution in [0.25, 0.3) is 0 Å². The fourth-order valence-corrected chi connectivity index (χ4v) is 1.45. The maximum Gasteiger partial charge on any atom is 0.222 e. The van der Waals surface area contributed by atoms with Crippen LogP contribution in [0.15, 0.2) is 18.2 Å². The lowest BCUT2D eigenvalue weighted by Crippen LogP contribution is -2.29. The second kappa shape index (κ2) is 6.86. The van der Waals surface area contributed by atoms with Gasteiger partial charge in [-0.15, -0.1) is 0 Å². The molecule has 1 unspecified atom stereocenters. The highest BCUT2D eigenvalue weighted by molar-refractivity contribution is 5.76. The quantitative estimate of drug-likeness (QED) is 0.850. The molecule has 0 fully saturated rings. The van der Waals surface area contributed by atoms with E-state index in [1.165, 1.54) is 12.1 Å². The Morgan fingerprint density at radius 3 is 2.74 bits per heavy atom. The highest BCUT2D eigenvalue weighted by Gasteiger charge is 2.14. The number of carbonyl (C=O) groups excluding carboxylic acids is 1. The Hall–Kier alpha value is -1.93. The smallest absolute Gasteiger partial charge is 0.222 e. The minimum atomic E-state index is -0.703. The van der Waals surface area contributed by atoms with E-state index < -0.39 is 11.9 Å². The van der Waals surface area contributed by atoms with Crippen molar-refractivity contribution in [1.29, 1.82) is 5.26 Å². The van der Waals surface area contributed by atoms with E-state index in [1.807, 2.05) is 19.9 Å². The first-order chi connectivity index (χ1) is 8.93. The molecule has 0 saturated carbocycles. The van der Waals surface area contributed by atoms with Gasteiger partial charge in [-0.05, 0) is 18.1 Å². The number of aliphatic hydroxyl groups is 1. The molecule has 102 valence electrons. The normalized spacial score (nSPS) is 12.0. The topological polar surface area (TPSA) is 73.1 Å². The molecule has 0 radical (unpaired) electrons. The number of hydrogen-bond donors (Lipinski definition) is 2. The van der Waals surface area contributed by atoms with Crippen LogP contribution < -0.4 is 5.32 Å². The summed E-state index contributed by atoms with van der Waals surface area (Å²) in [6.07, 6.45) is -0.707. The molecule has 0 aliphatic carbocycles. The van der Waals surface area contributed by atoms with Crippen molar-refractivity contribution in [3.05, 3.63) is 35.1 Å². The molecule has 0 spiro atoms.